The number of carbonyl (C=O) groups excluding carboxylic acids is 1. The van der Waals surface area contributed by atoms with E-state index in [-0.39, 0.29) is 17.6 Å². The molecule has 0 fully saturated rings. The number of hydrogen-bond donors (Lipinski definition) is 1. The molecule has 4 heteroatoms. The summed E-state index contributed by atoms with van der Waals surface area (Å²) < 4.78 is 10.9. The Morgan fingerprint density at radius 2 is 2.17 bits per heavy atom. The number of fused-ring (bicyclic) bond motifs is 1. The van der Waals surface area contributed by atoms with Crippen molar-refractivity contribution in [1.82, 2.24) is 0 Å². The van der Waals surface area contributed by atoms with Gasteiger partial charge in [0.1, 0.15) is 17.1 Å². The normalized spacial score (nSPS) is 18.7. The summed E-state index contributed by atoms with van der Waals surface area (Å²) >= 11 is 0. The molecule has 18 heavy (non-hydrogen) atoms. The van der Waals surface area contributed by atoms with Crippen LogP contribution in [-0.4, -0.2) is 23.3 Å². The van der Waals surface area contributed by atoms with Gasteiger partial charge in [-0.25, -0.2) is 0 Å². The Labute approximate surface area is 107 Å². The van der Waals surface area contributed by atoms with Crippen LogP contribution in [0.25, 0.3) is 0 Å². The third-order valence-electron chi connectivity index (χ3n) is 2.72. The van der Waals surface area contributed by atoms with Crippen molar-refractivity contribution in [3.05, 3.63) is 23.8 Å². The summed E-state index contributed by atoms with van der Waals surface area (Å²) in [5.74, 6) is 0.153. The molecule has 1 aliphatic heterocycles. The van der Waals surface area contributed by atoms with Gasteiger partial charge in [0, 0.05) is 5.56 Å². The van der Waals surface area contributed by atoms with E-state index in [0.717, 1.165) is 0 Å². The van der Waals surface area contributed by atoms with Crippen LogP contribution in [0.5, 0.6) is 11.5 Å². The van der Waals surface area contributed by atoms with E-state index in [9.17, 15) is 9.90 Å². The Kier molecular flexibility index (Phi) is 3.20. The molecule has 1 N–H and O–H groups in total. The molecule has 1 aromatic carbocycles. The molecule has 4 nitrogen and oxygen atoms in total. The molecule has 0 spiro atoms. The van der Waals surface area contributed by atoms with Crippen LogP contribution in [0.3, 0.4) is 0 Å². The molecule has 1 atom stereocenters. The number of hydrogen-bond acceptors (Lipinski definition) is 4. The van der Waals surface area contributed by atoms with Crippen LogP contribution in [-0.2, 0) is 9.53 Å². The quantitative estimate of drug-likeness (QED) is 0.778. The Morgan fingerprint density at radius 3 is 2.83 bits per heavy atom. The van der Waals surface area contributed by atoms with Crippen LogP contribution >= 0.6 is 0 Å². The summed E-state index contributed by atoms with van der Waals surface area (Å²) in [5.41, 5.74) is 0.197. The lowest BCUT2D eigenvalue weighted by molar-refractivity contribution is -0.157. The van der Waals surface area contributed by atoms with E-state index in [4.69, 9.17) is 9.47 Å². The molecule has 1 aliphatic rings. The van der Waals surface area contributed by atoms with Gasteiger partial charge in [-0.05, 0) is 45.4 Å². The lowest BCUT2D eigenvalue weighted by atomic mass is 9.93. The maximum absolute atomic E-state index is 12.1. The van der Waals surface area contributed by atoms with Crippen molar-refractivity contribution in [3.8, 4) is 11.5 Å². The molecule has 1 heterocycles. The number of phenols is 1. The maximum atomic E-state index is 12.1. The molecule has 0 saturated carbocycles. The number of esters is 1. The van der Waals surface area contributed by atoms with Crippen LogP contribution in [0.4, 0.5) is 0 Å². The average Bonchev–Trinajstić information content (AvgIpc) is 2.25. The van der Waals surface area contributed by atoms with Crippen LogP contribution in [0.2, 0.25) is 0 Å². The van der Waals surface area contributed by atoms with Gasteiger partial charge in [-0.15, -0.1) is 0 Å². The monoisotopic (exact) mass is 250 g/mol. The maximum Gasteiger partial charge on any atom is 0.314 e. The van der Waals surface area contributed by atoms with Gasteiger partial charge in [0.25, 0.3) is 0 Å². The highest BCUT2D eigenvalue weighted by Gasteiger charge is 2.31. The van der Waals surface area contributed by atoms with Crippen molar-refractivity contribution >= 4 is 5.97 Å². The van der Waals surface area contributed by atoms with E-state index in [1.54, 1.807) is 18.2 Å². The molecular weight excluding hydrogens is 232 g/mol. The van der Waals surface area contributed by atoms with Crippen molar-refractivity contribution < 1.29 is 19.4 Å². The fraction of sp³-hybridized carbons (Fsp3) is 0.500. The Hall–Kier alpha value is -1.71. The van der Waals surface area contributed by atoms with Gasteiger partial charge in [-0.1, -0.05) is 0 Å². The lowest BCUT2D eigenvalue weighted by Crippen LogP contribution is -2.30. The summed E-state index contributed by atoms with van der Waals surface area (Å²) in [4.78, 5) is 12.1. The van der Waals surface area contributed by atoms with Gasteiger partial charge in [-0.2, -0.15) is 0 Å². The van der Waals surface area contributed by atoms with E-state index in [2.05, 4.69) is 0 Å². The number of benzene rings is 1. The van der Waals surface area contributed by atoms with E-state index in [1.807, 2.05) is 20.8 Å². The molecule has 0 saturated heterocycles. The fourth-order valence-corrected chi connectivity index (χ4v) is 2.00. The average molecular weight is 250 g/mol. The van der Waals surface area contributed by atoms with Crippen molar-refractivity contribution in [1.29, 1.82) is 0 Å². The topological polar surface area (TPSA) is 55.8 Å². The first kappa shape index (κ1) is 12.7. The lowest BCUT2D eigenvalue weighted by Gasteiger charge is -2.28. The molecule has 0 radical (unpaired) electrons. The molecule has 1 aromatic rings. The standard InChI is InChI=1S/C14H18O4/c1-14(2,3)18-13(16)10-6-7-17-12-5-4-9(15)8-11(10)12/h4-5,8,10,15H,6-7H2,1-3H3. The summed E-state index contributed by atoms with van der Waals surface area (Å²) in [5, 5.41) is 9.51. The third kappa shape index (κ3) is 2.75. The zero-order valence-electron chi connectivity index (χ0n) is 10.9. The third-order valence-corrected chi connectivity index (χ3v) is 2.72. The zero-order chi connectivity index (χ0) is 13.3. The molecule has 1 unspecified atom stereocenters. The van der Waals surface area contributed by atoms with Crippen molar-refractivity contribution in [2.45, 2.75) is 38.7 Å². The van der Waals surface area contributed by atoms with Crippen LogP contribution in [0.1, 0.15) is 38.7 Å². The number of ether oxygens (including phenoxy) is 2. The van der Waals surface area contributed by atoms with Gasteiger partial charge < -0.3 is 14.6 Å². The first-order valence-electron chi connectivity index (χ1n) is 6.05. The van der Waals surface area contributed by atoms with Gasteiger partial charge in [0.2, 0.25) is 0 Å². The molecule has 0 bridgehead atoms. The second-order valence-electron chi connectivity index (χ2n) is 5.45. The van der Waals surface area contributed by atoms with Crippen molar-refractivity contribution in [3.63, 3.8) is 0 Å². The van der Waals surface area contributed by atoms with Gasteiger partial charge in [0.05, 0.1) is 12.5 Å². The fourth-order valence-electron chi connectivity index (χ4n) is 2.00. The van der Waals surface area contributed by atoms with Crippen molar-refractivity contribution in [2.75, 3.05) is 6.61 Å². The van der Waals surface area contributed by atoms with Crippen molar-refractivity contribution in [2.24, 2.45) is 0 Å². The molecule has 0 amide bonds. The number of carbonyl (C=O) groups is 1. The van der Waals surface area contributed by atoms with E-state index in [1.165, 1.54) is 0 Å². The Balaban J connectivity index is 2.27. The van der Waals surface area contributed by atoms with Gasteiger partial charge in [0.15, 0.2) is 0 Å². The summed E-state index contributed by atoms with van der Waals surface area (Å²) in [6.45, 7) is 6.01. The second kappa shape index (κ2) is 4.52. The van der Waals surface area contributed by atoms with E-state index < -0.39 is 5.60 Å². The van der Waals surface area contributed by atoms with E-state index in [0.29, 0.717) is 24.3 Å². The largest absolute Gasteiger partial charge is 0.508 e. The van der Waals surface area contributed by atoms with Crippen LogP contribution in [0.15, 0.2) is 18.2 Å². The van der Waals surface area contributed by atoms with Gasteiger partial charge in [-0.3, -0.25) is 4.79 Å². The predicted molar refractivity (Wildman–Crippen MR) is 66.8 cm³/mol. The number of phenolic OH excluding ortho intramolecular Hbond substituents is 1. The number of rotatable bonds is 1. The highest BCUT2D eigenvalue weighted by molar-refractivity contribution is 5.80. The molecule has 2 rings (SSSR count). The van der Waals surface area contributed by atoms with Gasteiger partial charge >= 0.3 is 5.97 Å². The minimum atomic E-state index is -0.508. The highest BCUT2D eigenvalue weighted by atomic mass is 16.6. The Morgan fingerprint density at radius 1 is 1.44 bits per heavy atom. The summed E-state index contributed by atoms with van der Waals surface area (Å²) in [6, 6.07) is 4.81. The predicted octanol–water partition coefficient (Wildman–Crippen LogP) is 2.60. The summed E-state index contributed by atoms with van der Waals surface area (Å²) in [7, 11) is 0. The summed E-state index contributed by atoms with van der Waals surface area (Å²) in [6.07, 6.45) is 0.575. The molecule has 0 aliphatic carbocycles. The molecular formula is C14H18O4. The first-order chi connectivity index (χ1) is 8.37. The first-order valence-corrected chi connectivity index (χ1v) is 6.05. The van der Waals surface area contributed by atoms with E-state index >= 15 is 0 Å². The zero-order valence-corrected chi connectivity index (χ0v) is 10.9. The second-order valence-corrected chi connectivity index (χ2v) is 5.45. The molecule has 0 aromatic heterocycles. The minimum absolute atomic E-state index is 0.132. The number of aromatic hydroxyl groups is 1. The smallest absolute Gasteiger partial charge is 0.314 e. The molecule has 98 valence electrons. The highest BCUT2D eigenvalue weighted by Crippen LogP contribution is 2.37. The SMILES string of the molecule is CC(C)(C)OC(=O)C1CCOc2ccc(O)cc21. The van der Waals surface area contributed by atoms with Crippen LogP contribution in [0, 0.1) is 0 Å². The minimum Gasteiger partial charge on any atom is -0.508 e. The Bertz CT molecular complexity index is 459. The van der Waals surface area contributed by atoms with Crippen LogP contribution < -0.4 is 4.74 Å².